The van der Waals surface area contributed by atoms with Crippen molar-refractivity contribution in [2.75, 3.05) is 20.7 Å². The summed E-state index contributed by atoms with van der Waals surface area (Å²) in [5.41, 5.74) is 19.2. The molecule has 0 radical (unpaired) electrons. The number of aliphatic carboxylic acids is 3. The topological polar surface area (TPSA) is 377 Å². The van der Waals surface area contributed by atoms with Gasteiger partial charge in [0.25, 0.3) is 5.91 Å². The molecule has 0 fully saturated rings. The van der Waals surface area contributed by atoms with E-state index in [0.29, 0.717) is 17.6 Å². The Bertz CT molecular complexity index is 2390. The van der Waals surface area contributed by atoms with Gasteiger partial charge in [-0.2, -0.15) is 0 Å². The summed E-state index contributed by atoms with van der Waals surface area (Å²) in [5, 5.41) is 41.7. The molecule has 23 nitrogen and oxygen atoms in total. The first-order chi connectivity index (χ1) is 35.3. The van der Waals surface area contributed by atoms with Gasteiger partial charge in [0, 0.05) is 33.0 Å². The van der Waals surface area contributed by atoms with Crippen LogP contribution in [0.4, 0.5) is 0 Å². The molecule has 0 aromatic heterocycles. The number of carboxylic acid groups (broad SMARTS) is 3. The van der Waals surface area contributed by atoms with E-state index in [-0.39, 0.29) is 43.8 Å². The first-order valence-electron chi connectivity index (χ1n) is 24.2. The number of carbonyl (C=O) groups is 9. The summed E-state index contributed by atoms with van der Waals surface area (Å²) in [7, 11) is 2.78. The highest BCUT2D eigenvalue weighted by atomic mass is 16.5. The van der Waals surface area contributed by atoms with Crippen LogP contribution in [0, 0.1) is 17.8 Å². The minimum Gasteiger partial charge on any atom is -0.480 e. The molecule has 10 unspecified atom stereocenters. The van der Waals surface area contributed by atoms with Crippen molar-refractivity contribution in [2.45, 2.75) is 115 Å². The fourth-order valence-electron chi connectivity index (χ4n) is 7.42. The molecule has 2 rings (SSSR count). The van der Waals surface area contributed by atoms with Gasteiger partial charge in [-0.15, -0.1) is 0 Å². The molecule has 0 spiro atoms. The maximum absolute atomic E-state index is 14.4. The van der Waals surface area contributed by atoms with Crippen LogP contribution in [-0.2, 0) is 60.7 Å². The fourth-order valence-corrected chi connectivity index (χ4v) is 7.42. The maximum Gasteiger partial charge on any atom is 0.327 e. The Morgan fingerprint density at radius 3 is 1.81 bits per heavy atom. The number of nitrogens with two attached hydrogens (primary N) is 3. The van der Waals surface area contributed by atoms with Gasteiger partial charge in [0.15, 0.2) is 5.96 Å². The van der Waals surface area contributed by atoms with Crippen LogP contribution in [0.1, 0.15) is 71.4 Å². The molecule has 410 valence electrons. The van der Waals surface area contributed by atoms with E-state index in [0.717, 1.165) is 10.5 Å². The van der Waals surface area contributed by atoms with Gasteiger partial charge in [0.05, 0.1) is 30.0 Å². The number of guanidine groups is 1. The van der Waals surface area contributed by atoms with Crippen LogP contribution in [0.15, 0.2) is 102 Å². The number of nitrogens with zero attached hydrogens (tertiary/aromatic N) is 2. The summed E-state index contributed by atoms with van der Waals surface area (Å²) < 4.78 is 5.81. The largest absolute Gasteiger partial charge is 0.480 e. The van der Waals surface area contributed by atoms with Crippen LogP contribution in [-0.4, -0.2) is 143 Å². The molecule has 0 saturated heterocycles. The predicted molar refractivity (Wildman–Crippen MR) is 279 cm³/mol. The van der Waals surface area contributed by atoms with Crippen LogP contribution in [0.3, 0.4) is 0 Å². The third kappa shape index (κ3) is 22.0. The first kappa shape index (κ1) is 63.2. The van der Waals surface area contributed by atoms with Gasteiger partial charge in [-0.1, -0.05) is 112 Å². The second-order valence-corrected chi connectivity index (χ2v) is 18.2. The number of benzene rings is 2. The Balaban J connectivity index is 2.49. The highest BCUT2D eigenvalue weighted by Gasteiger charge is 2.36. The molecule has 10 atom stereocenters. The Hall–Kier alpha value is -7.92. The van der Waals surface area contributed by atoms with Gasteiger partial charge in [-0.25, -0.2) is 9.59 Å². The average Bonchev–Trinajstić information content (AvgIpc) is 3.36. The second kappa shape index (κ2) is 31.6. The fraction of sp³-hybridized carbons (Fsp3) is 0.462. The van der Waals surface area contributed by atoms with Crippen molar-refractivity contribution >= 4 is 59.3 Å². The number of aliphatic imine (C=N–C) groups is 1. The lowest BCUT2D eigenvalue weighted by atomic mass is 9.94. The van der Waals surface area contributed by atoms with Crippen molar-refractivity contribution in [1.29, 1.82) is 0 Å². The van der Waals surface area contributed by atoms with Crippen LogP contribution in [0.2, 0.25) is 0 Å². The van der Waals surface area contributed by atoms with Gasteiger partial charge in [-0.3, -0.25) is 38.6 Å². The Labute approximate surface area is 436 Å². The van der Waals surface area contributed by atoms with Crippen molar-refractivity contribution < 1.29 is 63.2 Å². The van der Waals surface area contributed by atoms with Crippen LogP contribution in [0.25, 0.3) is 0 Å². The molecule has 23 heteroatoms. The zero-order chi connectivity index (χ0) is 56.5. The smallest absolute Gasteiger partial charge is 0.327 e. The number of ether oxygens (including phenoxy) is 1. The predicted octanol–water partition coefficient (Wildman–Crippen LogP) is 0.728. The SMILES string of the molecule is C=C(C(=O)NC(C)C(=O)O)N(C)C(=O)CCC(NC(=O)C(C)C(C=CC(C)=CC(C)C(Cc1ccccc1)OC)NC(=O)C(CCCN=C(N)N)NC(=O)C(C)C(NC(=O)C(N)Cc1ccccc1)C(=O)O)C(=O)O. The highest BCUT2D eigenvalue weighted by molar-refractivity contribution is 5.99. The quantitative estimate of drug-likeness (QED) is 0.0158. The number of carboxylic acids is 3. The van der Waals surface area contributed by atoms with Crippen molar-refractivity contribution in [1.82, 2.24) is 31.5 Å². The van der Waals surface area contributed by atoms with E-state index in [9.17, 15) is 53.4 Å². The minimum atomic E-state index is -1.78. The zero-order valence-corrected chi connectivity index (χ0v) is 43.5. The molecule has 2 aromatic carbocycles. The number of methoxy groups -OCH3 is 1. The maximum atomic E-state index is 14.4. The Kier molecular flexibility index (Phi) is 26.6. The number of likely N-dealkylation sites (N-methyl/N-ethyl adjacent to an activating group) is 1. The zero-order valence-electron chi connectivity index (χ0n) is 43.5. The molecule has 0 bridgehead atoms. The standard InChI is InChI=1S/C52H74N10O13/c1-29(26-30(2)41(75-8)28-36-18-13-10-14-19-36)21-22-38(31(3)44(64)60-40(50(71)72)23-24-42(63)62(7)34(6)46(66)57-33(5)49(69)70)58-48(68)39(20-15-25-56-52(54)55)59-45(65)32(4)43(51(73)74)61-47(67)37(53)27-35-16-11-9-12-17-35/h9-14,16-19,21-22,26,30-33,37-41,43H,6,15,20,23-25,27-28,53H2,1-5,7-8H3,(H,57,66)(H,58,68)(H,59,65)(H,60,64)(H,61,67)(H,69,70)(H,71,72)(H,73,74)(H4,54,55,56). The third-order valence-corrected chi connectivity index (χ3v) is 12.2. The molecule has 0 heterocycles. The number of carbonyl (C=O) groups excluding carboxylic acids is 6. The van der Waals surface area contributed by atoms with Gasteiger partial charge in [0.1, 0.15) is 29.9 Å². The van der Waals surface area contributed by atoms with E-state index < -0.39 is 120 Å². The third-order valence-electron chi connectivity index (χ3n) is 12.2. The highest BCUT2D eigenvalue weighted by Crippen LogP contribution is 2.19. The minimum absolute atomic E-state index is 0.0157. The molecular weight excluding hydrogens is 973 g/mol. The number of hydrogen-bond acceptors (Lipinski definition) is 12. The van der Waals surface area contributed by atoms with Crippen molar-refractivity contribution in [3.63, 3.8) is 0 Å². The number of rotatable bonds is 32. The Morgan fingerprint density at radius 2 is 1.28 bits per heavy atom. The molecule has 75 heavy (non-hydrogen) atoms. The van der Waals surface area contributed by atoms with Crippen LogP contribution in [0.5, 0.6) is 0 Å². The molecule has 6 amide bonds. The van der Waals surface area contributed by atoms with Gasteiger partial charge >= 0.3 is 17.9 Å². The van der Waals surface area contributed by atoms with Gasteiger partial charge in [-0.05, 0) is 57.1 Å². The van der Waals surface area contributed by atoms with Gasteiger partial charge < -0.3 is 68.7 Å². The molecular formula is C52H74N10O13. The summed E-state index contributed by atoms with van der Waals surface area (Å²) in [6.45, 7) is 11.1. The van der Waals surface area contributed by atoms with Crippen molar-refractivity contribution in [3.05, 3.63) is 108 Å². The molecule has 0 saturated carbocycles. The lowest BCUT2D eigenvalue weighted by Crippen LogP contribution is -2.57. The number of nitrogens with one attached hydrogen (secondary N) is 5. The van der Waals surface area contributed by atoms with Crippen LogP contribution < -0.4 is 43.8 Å². The monoisotopic (exact) mass is 1050 g/mol. The van der Waals surface area contributed by atoms with Crippen molar-refractivity contribution in [3.8, 4) is 0 Å². The summed E-state index contributed by atoms with van der Waals surface area (Å²) in [6.07, 6.45) is 4.53. The van der Waals surface area contributed by atoms with Gasteiger partial charge in [0.2, 0.25) is 29.5 Å². The summed E-state index contributed by atoms with van der Waals surface area (Å²) >= 11 is 0. The molecule has 14 N–H and O–H groups in total. The number of amides is 6. The van der Waals surface area contributed by atoms with E-state index >= 15 is 0 Å². The van der Waals surface area contributed by atoms with Crippen molar-refractivity contribution in [2.24, 2.45) is 39.9 Å². The molecule has 0 aliphatic carbocycles. The lowest BCUT2D eigenvalue weighted by Gasteiger charge is -2.28. The summed E-state index contributed by atoms with van der Waals surface area (Å²) in [6, 6.07) is 9.92. The van der Waals surface area contributed by atoms with E-state index in [2.05, 4.69) is 38.2 Å². The van der Waals surface area contributed by atoms with E-state index in [1.807, 2.05) is 43.3 Å². The normalized spacial score (nSPS) is 15.4. The second-order valence-electron chi connectivity index (χ2n) is 18.2. The van der Waals surface area contributed by atoms with E-state index in [1.54, 1.807) is 50.4 Å². The molecule has 2 aromatic rings. The molecule has 0 aliphatic rings. The summed E-state index contributed by atoms with van der Waals surface area (Å²) in [5.74, 6) is -12.7. The van der Waals surface area contributed by atoms with Crippen LogP contribution >= 0.6 is 0 Å². The van der Waals surface area contributed by atoms with E-state index in [1.165, 1.54) is 33.9 Å². The average molecular weight is 1050 g/mol. The van der Waals surface area contributed by atoms with E-state index in [4.69, 9.17) is 27.0 Å². The summed E-state index contributed by atoms with van der Waals surface area (Å²) in [4.78, 5) is 122. The first-order valence-corrected chi connectivity index (χ1v) is 24.2. The Morgan fingerprint density at radius 1 is 0.720 bits per heavy atom. The lowest BCUT2D eigenvalue weighted by molar-refractivity contribution is -0.146. The number of allylic oxidation sites excluding steroid dienone is 2. The molecule has 0 aliphatic heterocycles. The number of hydrogen-bond donors (Lipinski definition) is 11.